The number of thiocarbonyl (C=S) groups is 1. The average Bonchev–Trinajstić information content (AvgIpc) is 3.22. The first kappa shape index (κ1) is 19.3. The lowest BCUT2D eigenvalue weighted by Gasteiger charge is -2.46. The van der Waals surface area contributed by atoms with Crippen molar-refractivity contribution in [2.75, 3.05) is 7.11 Å². The predicted octanol–water partition coefficient (Wildman–Crippen LogP) is 3.42. The second-order valence-electron chi connectivity index (χ2n) is 8.54. The molecule has 2 fully saturated rings. The van der Waals surface area contributed by atoms with Gasteiger partial charge in [-0.3, -0.25) is 4.79 Å². The molecule has 30 heavy (non-hydrogen) atoms. The number of fused-ring (bicyclic) bond motifs is 3. The van der Waals surface area contributed by atoms with Crippen molar-refractivity contribution in [3.05, 3.63) is 70.8 Å². The third kappa shape index (κ3) is 2.86. The molecule has 2 aromatic rings. The van der Waals surface area contributed by atoms with Crippen molar-refractivity contribution in [2.24, 2.45) is 5.41 Å². The van der Waals surface area contributed by atoms with E-state index in [9.17, 15) is 4.79 Å². The molecule has 1 heterocycles. The van der Waals surface area contributed by atoms with Crippen LogP contribution in [0.15, 0.2) is 48.5 Å². The molecule has 2 aromatic carbocycles. The van der Waals surface area contributed by atoms with Crippen LogP contribution in [0.25, 0.3) is 0 Å². The van der Waals surface area contributed by atoms with Crippen molar-refractivity contribution in [2.45, 2.75) is 43.7 Å². The Balaban J connectivity index is 1.57. The second kappa shape index (κ2) is 7.23. The van der Waals surface area contributed by atoms with Crippen LogP contribution in [0, 0.1) is 17.3 Å². The molecule has 1 amide bonds. The van der Waals surface area contributed by atoms with Gasteiger partial charge in [0, 0.05) is 23.7 Å². The van der Waals surface area contributed by atoms with Crippen LogP contribution in [0.4, 0.5) is 0 Å². The van der Waals surface area contributed by atoms with E-state index in [1.54, 1.807) is 7.11 Å². The maximum Gasteiger partial charge on any atom is 0.257 e. The third-order valence-electron chi connectivity index (χ3n) is 7.05. The van der Waals surface area contributed by atoms with E-state index in [0.29, 0.717) is 5.11 Å². The standard InChI is InChI=1S/C25H24N2O2S/c1-29-20-11-13-24(14-12-20)16-19-10-9-18(8-7-17-5-3-2-4-6-17)15-21(19)25(24)22(28)26-23(30)27-25/h2-6,9-10,15,20H,11-14,16H2,1H3,(H2,26,27,28,30). The lowest BCUT2D eigenvalue weighted by atomic mass is 9.61. The van der Waals surface area contributed by atoms with Gasteiger partial charge in [-0.2, -0.15) is 0 Å². The third-order valence-corrected chi connectivity index (χ3v) is 7.26. The van der Waals surface area contributed by atoms with Crippen molar-refractivity contribution in [3.63, 3.8) is 0 Å². The molecule has 2 N–H and O–H groups in total. The summed E-state index contributed by atoms with van der Waals surface area (Å²) >= 11 is 5.39. The Morgan fingerprint density at radius 2 is 1.80 bits per heavy atom. The molecule has 0 radical (unpaired) electrons. The summed E-state index contributed by atoms with van der Waals surface area (Å²) in [6.45, 7) is 0. The van der Waals surface area contributed by atoms with Crippen molar-refractivity contribution >= 4 is 23.2 Å². The first-order valence-electron chi connectivity index (χ1n) is 10.4. The summed E-state index contributed by atoms with van der Waals surface area (Å²) in [5.74, 6) is 6.46. The molecule has 5 heteroatoms. The molecular formula is C25H24N2O2S. The molecule has 152 valence electrons. The Morgan fingerprint density at radius 3 is 2.47 bits per heavy atom. The Labute approximate surface area is 182 Å². The van der Waals surface area contributed by atoms with E-state index >= 15 is 0 Å². The summed E-state index contributed by atoms with van der Waals surface area (Å²) in [5, 5.41) is 6.71. The summed E-state index contributed by atoms with van der Waals surface area (Å²) in [6.07, 6.45) is 4.89. The minimum Gasteiger partial charge on any atom is -0.381 e. The monoisotopic (exact) mass is 416 g/mol. The first-order valence-corrected chi connectivity index (χ1v) is 10.8. The van der Waals surface area contributed by atoms with Crippen LogP contribution < -0.4 is 10.6 Å². The Bertz CT molecular complexity index is 1080. The van der Waals surface area contributed by atoms with Crippen molar-refractivity contribution < 1.29 is 9.53 Å². The van der Waals surface area contributed by atoms with E-state index in [4.69, 9.17) is 17.0 Å². The van der Waals surface area contributed by atoms with Gasteiger partial charge >= 0.3 is 0 Å². The number of benzene rings is 2. The Kier molecular flexibility index (Phi) is 4.65. The number of ether oxygens (including phenoxy) is 1. The molecule has 1 saturated carbocycles. The van der Waals surface area contributed by atoms with Gasteiger partial charge in [0.25, 0.3) is 5.91 Å². The molecular weight excluding hydrogens is 392 g/mol. The van der Waals surface area contributed by atoms with Crippen LogP contribution in [-0.4, -0.2) is 24.2 Å². The number of rotatable bonds is 1. The zero-order chi connectivity index (χ0) is 20.8. The summed E-state index contributed by atoms with van der Waals surface area (Å²) in [7, 11) is 1.77. The van der Waals surface area contributed by atoms with Crippen LogP contribution in [0.2, 0.25) is 0 Å². The zero-order valence-corrected chi connectivity index (χ0v) is 17.8. The first-order chi connectivity index (χ1) is 14.6. The number of carbonyl (C=O) groups is 1. The van der Waals surface area contributed by atoms with Crippen LogP contribution in [0.1, 0.15) is 47.9 Å². The summed E-state index contributed by atoms with van der Waals surface area (Å²) in [6, 6.07) is 16.2. The van der Waals surface area contributed by atoms with E-state index in [1.165, 1.54) is 5.56 Å². The van der Waals surface area contributed by atoms with Crippen LogP contribution in [0.3, 0.4) is 0 Å². The van der Waals surface area contributed by atoms with Gasteiger partial charge < -0.3 is 15.4 Å². The number of amides is 1. The van der Waals surface area contributed by atoms with Crippen molar-refractivity contribution in [1.82, 2.24) is 10.6 Å². The summed E-state index contributed by atoms with van der Waals surface area (Å²) in [5.41, 5.74) is 3.11. The second-order valence-corrected chi connectivity index (χ2v) is 8.95. The number of hydrogen-bond donors (Lipinski definition) is 2. The highest BCUT2D eigenvalue weighted by Crippen LogP contribution is 2.59. The molecule has 1 atom stereocenters. The van der Waals surface area contributed by atoms with Gasteiger partial charge in [-0.05, 0) is 79.7 Å². The summed E-state index contributed by atoms with van der Waals surface area (Å²) < 4.78 is 5.60. The molecule has 4 nitrogen and oxygen atoms in total. The lowest BCUT2D eigenvalue weighted by Crippen LogP contribution is -2.56. The molecule has 1 unspecified atom stereocenters. The van der Waals surface area contributed by atoms with Gasteiger partial charge in [-0.15, -0.1) is 0 Å². The normalized spacial score (nSPS) is 29.3. The zero-order valence-electron chi connectivity index (χ0n) is 17.0. The maximum absolute atomic E-state index is 13.4. The number of hydrogen-bond acceptors (Lipinski definition) is 3. The van der Waals surface area contributed by atoms with E-state index in [0.717, 1.165) is 48.8 Å². The number of methoxy groups -OCH3 is 1. The average molecular weight is 417 g/mol. The molecule has 2 spiro atoms. The fourth-order valence-electron chi connectivity index (χ4n) is 5.56. The molecule has 0 aromatic heterocycles. The highest BCUT2D eigenvalue weighted by molar-refractivity contribution is 7.80. The molecule has 0 bridgehead atoms. The number of carbonyl (C=O) groups excluding carboxylic acids is 1. The van der Waals surface area contributed by atoms with Gasteiger partial charge in [0.2, 0.25) is 0 Å². The Morgan fingerprint density at radius 1 is 1.07 bits per heavy atom. The van der Waals surface area contributed by atoms with Gasteiger partial charge in [0.15, 0.2) is 10.7 Å². The van der Waals surface area contributed by atoms with E-state index in [1.807, 2.05) is 30.3 Å². The van der Waals surface area contributed by atoms with Crippen LogP contribution in [0.5, 0.6) is 0 Å². The lowest BCUT2D eigenvalue weighted by molar-refractivity contribution is -0.131. The van der Waals surface area contributed by atoms with E-state index in [-0.39, 0.29) is 17.4 Å². The molecule has 1 saturated heterocycles. The largest absolute Gasteiger partial charge is 0.381 e. The maximum atomic E-state index is 13.4. The fourth-order valence-corrected chi connectivity index (χ4v) is 5.80. The molecule has 3 aliphatic rings. The van der Waals surface area contributed by atoms with Gasteiger partial charge in [-0.25, -0.2) is 0 Å². The van der Waals surface area contributed by atoms with Crippen molar-refractivity contribution in [1.29, 1.82) is 0 Å². The van der Waals surface area contributed by atoms with Gasteiger partial charge in [0.1, 0.15) is 0 Å². The quantitative estimate of drug-likeness (QED) is 0.553. The Hall–Kier alpha value is -2.68. The van der Waals surface area contributed by atoms with Gasteiger partial charge in [0.05, 0.1) is 6.10 Å². The van der Waals surface area contributed by atoms with E-state index in [2.05, 4.69) is 40.7 Å². The summed E-state index contributed by atoms with van der Waals surface area (Å²) in [4.78, 5) is 13.4. The van der Waals surface area contributed by atoms with Crippen LogP contribution >= 0.6 is 12.2 Å². The van der Waals surface area contributed by atoms with Gasteiger partial charge in [-0.1, -0.05) is 36.1 Å². The fraction of sp³-hybridized carbons (Fsp3) is 0.360. The number of nitrogens with one attached hydrogen (secondary N) is 2. The highest BCUT2D eigenvalue weighted by Gasteiger charge is 2.65. The minimum absolute atomic E-state index is 0.0321. The van der Waals surface area contributed by atoms with Crippen LogP contribution in [-0.2, 0) is 21.5 Å². The highest BCUT2D eigenvalue weighted by atomic mass is 32.1. The predicted molar refractivity (Wildman–Crippen MR) is 120 cm³/mol. The SMILES string of the molecule is COC1CCC2(CC1)Cc1ccc(C#Cc3ccccc3)cc1C21NC(=S)NC1=O. The van der Waals surface area contributed by atoms with Crippen molar-refractivity contribution in [3.8, 4) is 11.8 Å². The molecule has 5 rings (SSSR count). The molecule has 2 aliphatic carbocycles. The topological polar surface area (TPSA) is 50.4 Å². The minimum atomic E-state index is -0.817. The van der Waals surface area contributed by atoms with E-state index < -0.39 is 5.54 Å². The molecule has 1 aliphatic heterocycles. The smallest absolute Gasteiger partial charge is 0.257 e.